The van der Waals surface area contributed by atoms with Crippen molar-refractivity contribution in [3.05, 3.63) is 12.2 Å². The Labute approximate surface area is 303 Å². The average Bonchev–Trinajstić information content (AvgIpc) is 3.39. The maximum atomic E-state index is 13.8. The second-order valence-electron chi connectivity index (χ2n) is 20.6. The third kappa shape index (κ3) is 5.99. The number of hydrogen-bond donors (Lipinski definition) is 3. The van der Waals surface area contributed by atoms with Gasteiger partial charge in [0.25, 0.3) is 0 Å². The highest BCUT2D eigenvalue weighted by atomic mass is 16.5. The van der Waals surface area contributed by atoms with E-state index in [1.165, 1.54) is 31.3 Å². The van der Waals surface area contributed by atoms with Crippen LogP contribution in [-0.2, 0) is 19.1 Å². The van der Waals surface area contributed by atoms with Crippen LogP contribution in [-0.4, -0.2) is 41.1 Å². The number of hydrogen-bond acceptors (Lipinski definition) is 5. The summed E-state index contributed by atoms with van der Waals surface area (Å²) in [4.78, 5) is 38.6. The molecule has 6 aliphatic rings. The number of carboxylic acids is 1. The van der Waals surface area contributed by atoms with Crippen LogP contribution < -0.4 is 11.1 Å². The maximum absolute atomic E-state index is 13.8. The van der Waals surface area contributed by atoms with Gasteiger partial charge in [0.2, 0.25) is 5.91 Å². The van der Waals surface area contributed by atoms with Crippen LogP contribution in [0.2, 0.25) is 0 Å². The number of rotatable bonds is 8. The average molecular weight is 695 g/mol. The fourth-order valence-electron chi connectivity index (χ4n) is 14.3. The van der Waals surface area contributed by atoms with E-state index < -0.39 is 17.4 Å². The summed E-state index contributed by atoms with van der Waals surface area (Å²) in [5.74, 6) is 1.51. The predicted octanol–water partition coefficient (Wildman–Crippen LogP) is 8.83. The highest BCUT2D eigenvalue weighted by Gasteiger charge is 2.71. The number of carbonyl (C=O) groups excluding carboxylic acids is 2. The molecule has 6 fully saturated rings. The minimum absolute atomic E-state index is 0.0619. The van der Waals surface area contributed by atoms with E-state index in [1.54, 1.807) is 13.8 Å². The molecule has 10 atom stereocenters. The standard InChI is InChI=1S/C43H70N2O5/c1-26(2)29-16-21-43(24-34(46)45-28-12-10-27(44)11-13-28)23-22-41(8)30(36(29)43)14-15-32-40(7)19-18-33(50-35(47)25-38(3,4)37(48)49)39(5,6)31(40)17-20-42(32,41)9/h27-33,36H,1,10-25,44H2,2-9H3,(H,45,46)(H,48,49)/t27-,28-,29-,30+,31-,32+,33-,36+,40-,41+,42+,43+/m0/s1. The van der Waals surface area contributed by atoms with Crippen molar-refractivity contribution in [1.29, 1.82) is 0 Å². The van der Waals surface area contributed by atoms with Gasteiger partial charge in [-0.2, -0.15) is 0 Å². The van der Waals surface area contributed by atoms with E-state index in [-0.39, 0.29) is 57.6 Å². The highest BCUT2D eigenvalue weighted by Crippen LogP contribution is 2.78. The minimum Gasteiger partial charge on any atom is -0.481 e. The molecule has 0 radical (unpaired) electrons. The molecule has 0 heterocycles. The Balaban J connectivity index is 1.22. The molecule has 4 N–H and O–H groups in total. The minimum atomic E-state index is -1.14. The number of nitrogens with one attached hydrogen (secondary N) is 1. The molecule has 282 valence electrons. The third-order valence-corrected chi connectivity index (χ3v) is 17.3. The molecule has 0 unspecified atom stereocenters. The van der Waals surface area contributed by atoms with Gasteiger partial charge < -0.3 is 20.9 Å². The van der Waals surface area contributed by atoms with Crippen molar-refractivity contribution >= 4 is 17.8 Å². The molecule has 0 aromatic heterocycles. The van der Waals surface area contributed by atoms with Gasteiger partial charge in [0.1, 0.15) is 6.10 Å². The number of allylic oxidation sites excluding steroid dienone is 1. The van der Waals surface area contributed by atoms with Crippen molar-refractivity contribution in [3.8, 4) is 0 Å². The number of amides is 1. The molecule has 0 saturated heterocycles. The summed E-state index contributed by atoms with van der Waals surface area (Å²) in [6.45, 7) is 22.5. The first kappa shape index (κ1) is 37.9. The molecule has 6 rings (SSSR count). The number of aliphatic carboxylic acids is 1. The lowest BCUT2D eigenvalue weighted by Gasteiger charge is -2.73. The zero-order valence-corrected chi connectivity index (χ0v) is 32.8. The molecule has 0 bridgehead atoms. The van der Waals surface area contributed by atoms with Crippen molar-refractivity contribution < 1.29 is 24.2 Å². The van der Waals surface area contributed by atoms with Gasteiger partial charge in [-0.15, -0.1) is 0 Å². The molecule has 6 saturated carbocycles. The zero-order chi connectivity index (χ0) is 36.7. The topological polar surface area (TPSA) is 119 Å². The Morgan fingerprint density at radius 1 is 0.840 bits per heavy atom. The molecule has 0 aromatic rings. The van der Waals surface area contributed by atoms with Gasteiger partial charge in [0, 0.05) is 23.9 Å². The van der Waals surface area contributed by atoms with Gasteiger partial charge in [0.05, 0.1) is 11.8 Å². The molecule has 0 spiro atoms. The van der Waals surface area contributed by atoms with Crippen LogP contribution in [0.1, 0.15) is 158 Å². The number of carboxylic acid groups (broad SMARTS) is 1. The number of nitrogens with two attached hydrogens (primary N) is 1. The zero-order valence-electron chi connectivity index (χ0n) is 32.8. The van der Waals surface area contributed by atoms with E-state index in [0.717, 1.165) is 64.2 Å². The van der Waals surface area contributed by atoms with Crippen LogP contribution in [0, 0.1) is 62.1 Å². The molecule has 7 heteroatoms. The van der Waals surface area contributed by atoms with Crippen molar-refractivity contribution in [2.75, 3.05) is 0 Å². The fourth-order valence-corrected chi connectivity index (χ4v) is 14.3. The van der Waals surface area contributed by atoms with Crippen LogP contribution >= 0.6 is 0 Å². The predicted molar refractivity (Wildman–Crippen MR) is 198 cm³/mol. The number of fused-ring (bicyclic) bond motifs is 7. The van der Waals surface area contributed by atoms with Crippen LogP contribution in [0.4, 0.5) is 0 Å². The Morgan fingerprint density at radius 3 is 2.16 bits per heavy atom. The largest absolute Gasteiger partial charge is 0.481 e. The molecule has 7 nitrogen and oxygen atoms in total. The third-order valence-electron chi connectivity index (χ3n) is 17.3. The molecule has 50 heavy (non-hydrogen) atoms. The van der Waals surface area contributed by atoms with E-state index in [1.807, 2.05) is 0 Å². The summed E-state index contributed by atoms with van der Waals surface area (Å²) < 4.78 is 6.18. The van der Waals surface area contributed by atoms with Crippen LogP contribution in [0.15, 0.2) is 12.2 Å². The van der Waals surface area contributed by atoms with Gasteiger partial charge >= 0.3 is 11.9 Å². The number of esters is 1. The molecule has 0 aromatic carbocycles. The monoisotopic (exact) mass is 695 g/mol. The SMILES string of the molecule is C=C(C)[C@@H]1CC[C@]2(CC(=O)N[C@H]3CC[C@H](N)CC3)CC[C@]3(C)[C@H](CC[C@@H]4[C@@]5(C)CC[C@H](OC(=O)CC(C)(C)C(=O)O)C(C)(C)[C@@H]5CC[C@]43C)[C@@H]12. The summed E-state index contributed by atoms with van der Waals surface area (Å²) in [6, 6.07) is 0.554. The Kier molecular flexibility index (Phi) is 9.77. The Hall–Kier alpha value is -1.89. The van der Waals surface area contributed by atoms with E-state index in [4.69, 9.17) is 10.5 Å². The smallest absolute Gasteiger partial charge is 0.309 e. The quantitative estimate of drug-likeness (QED) is 0.173. The van der Waals surface area contributed by atoms with Crippen molar-refractivity contribution in [3.63, 3.8) is 0 Å². The molecular formula is C43H70N2O5. The fraction of sp³-hybridized carbons (Fsp3) is 0.884. The van der Waals surface area contributed by atoms with E-state index >= 15 is 0 Å². The van der Waals surface area contributed by atoms with Gasteiger partial charge in [-0.05, 0) is 162 Å². The van der Waals surface area contributed by atoms with Gasteiger partial charge in [-0.25, -0.2) is 0 Å². The number of carbonyl (C=O) groups is 3. The van der Waals surface area contributed by atoms with Crippen molar-refractivity contribution in [2.24, 2.45) is 67.8 Å². The highest BCUT2D eigenvalue weighted by molar-refractivity contribution is 5.81. The summed E-state index contributed by atoms with van der Waals surface area (Å²) in [5, 5.41) is 13.1. The van der Waals surface area contributed by atoms with Gasteiger partial charge in [-0.1, -0.05) is 46.8 Å². The first-order valence-electron chi connectivity index (χ1n) is 20.3. The normalized spacial score (nSPS) is 45.2. The first-order chi connectivity index (χ1) is 23.2. The summed E-state index contributed by atoms with van der Waals surface area (Å²) in [7, 11) is 0. The van der Waals surface area contributed by atoms with Crippen molar-refractivity contribution in [2.45, 2.75) is 176 Å². The van der Waals surface area contributed by atoms with E-state index in [2.05, 4.69) is 53.4 Å². The summed E-state index contributed by atoms with van der Waals surface area (Å²) >= 11 is 0. The van der Waals surface area contributed by atoms with Crippen molar-refractivity contribution in [1.82, 2.24) is 5.32 Å². The molecule has 0 aliphatic heterocycles. The van der Waals surface area contributed by atoms with Crippen LogP contribution in [0.3, 0.4) is 0 Å². The lowest BCUT2D eigenvalue weighted by atomic mass is 9.32. The molecule has 6 aliphatic carbocycles. The Bertz CT molecular complexity index is 1360. The van der Waals surface area contributed by atoms with Crippen LogP contribution in [0.5, 0.6) is 0 Å². The summed E-state index contributed by atoms with van der Waals surface area (Å²) in [5.41, 5.74) is 6.76. The Morgan fingerprint density at radius 2 is 1.52 bits per heavy atom. The number of ether oxygens (including phenoxy) is 1. The van der Waals surface area contributed by atoms with E-state index in [0.29, 0.717) is 36.0 Å². The lowest BCUT2D eigenvalue weighted by Crippen LogP contribution is -2.67. The maximum Gasteiger partial charge on any atom is 0.309 e. The van der Waals surface area contributed by atoms with Crippen LogP contribution in [0.25, 0.3) is 0 Å². The second-order valence-corrected chi connectivity index (χ2v) is 20.6. The molecule has 1 amide bonds. The first-order valence-corrected chi connectivity index (χ1v) is 20.3. The summed E-state index contributed by atoms with van der Waals surface area (Å²) in [6.07, 6.45) is 15.6. The van der Waals surface area contributed by atoms with E-state index in [9.17, 15) is 19.5 Å². The molecular weight excluding hydrogens is 624 g/mol. The van der Waals surface area contributed by atoms with Gasteiger partial charge in [-0.3, -0.25) is 14.4 Å². The lowest BCUT2D eigenvalue weighted by molar-refractivity contribution is -0.250. The van der Waals surface area contributed by atoms with Gasteiger partial charge in [0.15, 0.2) is 0 Å². The second kappa shape index (κ2) is 12.9.